The van der Waals surface area contributed by atoms with Crippen LogP contribution in [0.25, 0.3) is 0 Å². The first-order valence-corrected chi connectivity index (χ1v) is 6.19. The molecular weight excluding hydrogens is 232 g/mol. The summed E-state index contributed by atoms with van der Waals surface area (Å²) in [5.41, 5.74) is 6.39. The minimum atomic E-state index is 0.215. The predicted molar refractivity (Wildman–Crippen MR) is 66.1 cm³/mol. The van der Waals surface area contributed by atoms with Gasteiger partial charge in [0.05, 0.1) is 10.7 Å². The Morgan fingerprint density at radius 1 is 1.60 bits per heavy atom. The molecule has 1 aromatic heterocycles. The number of nitrogens with two attached hydrogens (primary N) is 1. The summed E-state index contributed by atoms with van der Waals surface area (Å²) < 4.78 is 0. The topological polar surface area (TPSA) is 59.1 Å². The van der Waals surface area contributed by atoms with E-state index in [0.717, 1.165) is 17.9 Å². The molecule has 3 nitrogen and oxygen atoms in total. The van der Waals surface area contributed by atoms with E-state index in [1.165, 1.54) is 0 Å². The monoisotopic (exact) mass is 246 g/mol. The molecule has 0 aliphatic rings. The van der Waals surface area contributed by atoms with Gasteiger partial charge in [-0.05, 0) is 18.6 Å². The number of aliphatic hydroxyl groups is 1. The van der Waals surface area contributed by atoms with E-state index in [1.54, 1.807) is 23.9 Å². The number of rotatable bonds is 5. The second-order valence-electron chi connectivity index (χ2n) is 3.30. The number of anilines is 1. The lowest BCUT2D eigenvalue weighted by Crippen LogP contribution is -2.02. The zero-order chi connectivity index (χ0) is 11.3. The van der Waals surface area contributed by atoms with Gasteiger partial charge in [-0.15, -0.1) is 0 Å². The standard InChI is InChI=1S/C10H15ClN2OS/c1-7(4-5-14)15-6-9-8(11)2-3-10(12)13-9/h2-3,7,14H,4-6H2,1H3,(H2,12,13). The van der Waals surface area contributed by atoms with Crippen LogP contribution in [0.3, 0.4) is 0 Å². The first kappa shape index (κ1) is 12.6. The molecule has 0 amide bonds. The number of halogens is 1. The maximum atomic E-state index is 8.76. The van der Waals surface area contributed by atoms with E-state index in [4.69, 9.17) is 22.4 Å². The third-order valence-electron chi connectivity index (χ3n) is 1.98. The first-order chi connectivity index (χ1) is 7.13. The molecule has 0 radical (unpaired) electrons. The Morgan fingerprint density at radius 3 is 3.00 bits per heavy atom. The third kappa shape index (κ3) is 4.28. The molecule has 0 aromatic carbocycles. The highest BCUT2D eigenvalue weighted by molar-refractivity contribution is 7.99. The van der Waals surface area contributed by atoms with E-state index in [1.807, 2.05) is 0 Å². The maximum absolute atomic E-state index is 8.76. The van der Waals surface area contributed by atoms with E-state index in [2.05, 4.69) is 11.9 Å². The highest BCUT2D eigenvalue weighted by atomic mass is 35.5. The van der Waals surface area contributed by atoms with Gasteiger partial charge in [-0.25, -0.2) is 4.98 Å². The second-order valence-corrected chi connectivity index (χ2v) is 5.13. The summed E-state index contributed by atoms with van der Waals surface area (Å²) in [5, 5.41) is 9.80. The number of hydrogen-bond acceptors (Lipinski definition) is 4. The van der Waals surface area contributed by atoms with Crippen LogP contribution in [0.2, 0.25) is 5.02 Å². The molecule has 0 saturated carbocycles. The van der Waals surface area contributed by atoms with Gasteiger partial charge in [-0.1, -0.05) is 18.5 Å². The Hall–Kier alpha value is -0.450. The number of hydrogen-bond donors (Lipinski definition) is 2. The highest BCUT2D eigenvalue weighted by Gasteiger charge is 2.06. The van der Waals surface area contributed by atoms with Crippen molar-refractivity contribution < 1.29 is 5.11 Å². The van der Waals surface area contributed by atoms with E-state index in [0.29, 0.717) is 16.1 Å². The van der Waals surface area contributed by atoms with E-state index < -0.39 is 0 Å². The summed E-state index contributed by atoms with van der Waals surface area (Å²) in [5.74, 6) is 1.22. The molecule has 84 valence electrons. The molecule has 5 heteroatoms. The molecule has 0 spiro atoms. The zero-order valence-electron chi connectivity index (χ0n) is 8.61. The van der Waals surface area contributed by atoms with Crippen LogP contribution in [0.1, 0.15) is 19.0 Å². The summed E-state index contributed by atoms with van der Waals surface area (Å²) >= 11 is 7.69. The molecule has 1 aromatic rings. The van der Waals surface area contributed by atoms with Crippen molar-refractivity contribution in [2.45, 2.75) is 24.3 Å². The largest absolute Gasteiger partial charge is 0.396 e. The van der Waals surface area contributed by atoms with Crippen molar-refractivity contribution in [1.29, 1.82) is 0 Å². The number of nitrogens with zero attached hydrogens (tertiary/aromatic N) is 1. The third-order valence-corrected chi connectivity index (χ3v) is 3.57. The van der Waals surface area contributed by atoms with Gasteiger partial charge >= 0.3 is 0 Å². The van der Waals surface area contributed by atoms with E-state index in [-0.39, 0.29) is 6.61 Å². The number of pyridine rings is 1. The molecular formula is C10H15ClN2OS. The van der Waals surface area contributed by atoms with Gasteiger partial charge in [0.2, 0.25) is 0 Å². The summed E-state index contributed by atoms with van der Waals surface area (Å²) in [6.45, 7) is 2.29. The lowest BCUT2D eigenvalue weighted by atomic mass is 10.3. The van der Waals surface area contributed by atoms with Crippen LogP contribution >= 0.6 is 23.4 Å². The van der Waals surface area contributed by atoms with Crippen LogP contribution in [-0.2, 0) is 5.75 Å². The second kappa shape index (κ2) is 6.20. The SMILES string of the molecule is CC(CCO)SCc1nc(N)ccc1Cl. The van der Waals surface area contributed by atoms with Crippen LogP contribution in [0.4, 0.5) is 5.82 Å². The molecule has 0 fully saturated rings. The van der Waals surface area contributed by atoms with Crippen LogP contribution in [0.5, 0.6) is 0 Å². The Kier molecular flexibility index (Phi) is 5.22. The van der Waals surface area contributed by atoms with Gasteiger partial charge in [-0.3, -0.25) is 0 Å². The Balaban J connectivity index is 2.53. The summed E-state index contributed by atoms with van der Waals surface area (Å²) in [6.07, 6.45) is 0.782. The van der Waals surface area contributed by atoms with Crippen molar-refractivity contribution in [3.05, 3.63) is 22.8 Å². The highest BCUT2D eigenvalue weighted by Crippen LogP contribution is 2.24. The van der Waals surface area contributed by atoms with E-state index >= 15 is 0 Å². The van der Waals surface area contributed by atoms with Crippen molar-refractivity contribution in [3.8, 4) is 0 Å². The van der Waals surface area contributed by atoms with Crippen molar-refractivity contribution in [2.75, 3.05) is 12.3 Å². The molecule has 1 rings (SSSR count). The van der Waals surface area contributed by atoms with Gasteiger partial charge in [-0.2, -0.15) is 11.8 Å². The van der Waals surface area contributed by atoms with Crippen molar-refractivity contribution in [3.63, 3.8) is 0 Å². The summed E-state index contributed by atoms with van der Waals surface area (Å²) in [4.78, 5) is 4.17. The number of aliphatic hydroxyl groups excluding tert-OH is 1. The fourth-order valence-corrected chi connectivity index (χ4v) is 2.27. The van der Waals surface area contributed by atoms with Crippen LogP contribution in [-0.4, -0.2) is 21.9 Å². The summed E-state index contributed by atoms with van der Waals surface area (Å²) in [7, 11) is 0. The normalized spacial score (nSPS) is 12.7. The molecule has 0 saturated heterocycles. The molecule has 1 atom stereocenters. The average molecular weight is 247 g/mol. The number of thioether (sulfide) groups is 1. The van der Waals surface area contributed by atoms with Crippen LogP contribution in [0, 0.1) is 0 Å². The minimum absolute atomic E-state index is 0.215. The van der Waals surface area contributed by atoms with Gasteiger partial charge in [0.1, 0.15) is 5.82 Å². The molecule has 0 aliphatic carbocycles. The fraction of sp³-hybridized carbons (Fsp3) is 0.500. The van der Waals surface area contributed by atoms with Gasteiger partial charge in [0, 0.05) is 17.6 Å². The lowest BCUT2D eigenvalue weighted by molar-refractivity contribution is 0.289. The Bertz CT molecular complexity index is 322. The van der Waals surface area contributed by atoms with Crippen molar-refractivity contribution in [1.82, 2.24) is 4.98 Å². The molecule has 0 bridgehead atoms. The van der Waals surface area contributed by atoms with Crippen molar-refractivity contribution >= 4 is 29.2 Å². The molecule has 1 heterocycles. The molecule has 0 aliphatic heterocycles. The number of nitrogen functional groups attached to an aromatic ring is 1. The molecule has 1 unspecified atom stereocenters. The Labute approximate surface area is 99.0 Å². The molecule has 3 N–H and O–H groups in total. The quantitative estimate of drug-likeness (QED) is 0.837. The minimum Gasteiger partial charge on any atom is -0.396 e. The van der Waals surface area contributed by atoms with E-state index in [9.17, 15) is 0 Å². The number of aromatic nitrogens is 1. The Morgan fingerprint density at radius 2 is 2.33 bits per heavy atom. The lowest BCUT2D eigenvalue weighted by Gasteiger charge is -2.09. The smallest absolute Gasteiger partial charge is 0.123 e. The average Bonchev–Trinajstić information content (AvgIpc) is 2.20. The first-order valence-electron chi connectivity index (χ1n) is 4.77. The van der Waals surface area contributed by atoms with Crippen LogP contribution in [0.15, 0.2) is 12.1 Å². The maximum Gasteiger partial charge on any atom is 0.123 e. The zero-order valence-corrected chi connectivity index (χ0v) is 10.2. The van der Waals surface area contributed by atoms with Crippen molar-refractivity contribution in [2.24, 2.45) is 0 Å². The molecule has 15 heavy (non-hydrogen) atoms. The summed E-state index contributed by atoms with van der Waals surface area (Å²) in [6, 6.07) is 3.45. The van der Waals surface area contributed by atoms with Gasteiger partial charge in [0.25, 0.3) is 0 Å². The van der Waals surface area contributed by atoms with Gasteiger partial charge < -0.3 is 10.8 Å². The van der Waals surface area contributed by atoms with Gasteiger partial charge in [0.15, 0.2) is 0 Å². The predicted octanol–water partition coefficient (Wildman–Crippen LogP) is 2.32. The fourth-order valence-electron chi connectivity index (χ4n) is 1.09. The van der Waals surface area contributed by atoms with Crippen LogP contribution < -0.4 is 5.73 Å².